The van der Waals surface area contributed by atoms with E-state index in [1.807, 2.05) is 78.2 Å². The number of benzene rings is 2. The van der Waals surface area contributed by atoms with Crippen molar-refractivity contribution in [2.45, 2.75) is 13.5 Å². The molecule has 0 aliphatic carbocycles. The molecule has 2 N–H and O–H groups in total. The fourth-order valence-electron chi connectivity index (χ4n) is 3.74. The highest BCUT2D eigenvalue weighted by atomic mass is 16.2. The first-order valence-electron chi connectivity index (χ1n) is 9.96. The fourth-order valence-corrected chi connectivity index (χ4v) is 3.74. The molecule has 5 rings (SSSR count). The minimum atomic E-state index is -0.242. The number of fused-ring (bicyclic) bond motifs is 2. The van der Waals surface area contributed by atoms with Crippen molar-refractivity contribution in [3.8, 4) is 11.5 Å². The summed E-state index contributed by atoms with van der Waals surface area (Å²) in [5, 5.41) is 5.26. The first kappa shape index (κ1) is 18.7. The van der Waals surface area contributed by atoms with E-state index in [2.05, 4.69) is 25.5 Å². The SMILES string of the molecule is Cc1[nH]c2ccccc2c1C=NNC(=O)Cn1c(-c2ccccn2)nc2ccccc21. The Kier molecular flexibility index (Phi) is 4.76. The van der Waals surface area contributed by atoms with Gasteiger partial charge in [0.25, 0.3) is 5.91 Å². The van der Waals surface area contributed by atoms with Crippen LogP contribution in [-0.2, 0) is 11.3 Å². The number of hydrogen-bond acceptors (Lipinski definition) is 4. The molecule has 0 saturated carbocycles. The second kappa shape index (κ2) is 7.87. The zero-order valence-corrected chi connectivity index (χ0v) is 16.9. The molecule has 0 bridgehead atoms. The average molecular weight is 408 g/mol. The molecule has 2 aromatic carbocycles. The molecule has 7 nitrogen and oxygen atoms in total. The number of carbonyl (C=O) groups is 1. The van der Waals surface area contributed by atoms with E-state index in [4.69, 9.17) is 0 Å². The number of aryl methyl sites for hydroxylation is 1. The van der Waals surface area contributed by atoms with Gasteiger partial charge in [0, 0.05) is 28.4 Å². The molecule has 5 aromatic rings. The van der Waals surface area contributed by atoms with Crippen LogP contribution >= 0.6 is 0 Å². The number of imidazole rings is 1. The highest BCUT2D eigenvalue weighted by Crippen LogP contribution is 2.23. The third kappa shape index (κ3) is 3.57. The Morgan fingerprint density at radius 2 is 1.90 bits per heavy atom. The fraction of sp³-hybridized carbons (Fsp3) is 0.0833. The van der Waals surface area contributed by atoms with Gasteiger partial charge in [-0.3, -0.25) is 9.78 Å². The van der Waals surface area contributed by atoms with Gasteiger partial charge in [-0.2, -0.15) is 5.10 Å². The summed E-state index contributed by atoms with van der Waals surface area (Å²) in [5.74, 6) is 0.405. The zero-order chi connectivity index (χ0) is 21.2. The predicted octanol–water partition coefficient (Wildman–Crippen LogP) is 4.04. The molecule has 3 aromatic heterocycles. The van der Waals surface area contributed by atoms with E-state index in [1.165, 1.54) is 0 Å². The van der Waals surface area contributed by atoms with Crippen LogP contribution in [0.25, 0.3) is 33.5 Å². The second-order valence-corrected chi connectivity index (χ2v) is 7.23. The zero-order valence-electron chi connectivity index (χ0n) is 16.9. The number of carbonyl (C=O) groups excluding carboxylic acids is 1. The van der Waals surface area contributed by atoms with Crippen LogP contribution in [0.15, 0.2) is 78.0 Å². The monoisotopic (exact) mass is 408 g/mol. The normalized spacial score (nSPS) is 11.5. The Bertz CT molecular complexity index is 1410. The van der Waals surface area contributed by atoms with Crippen LogP contribution in [0.4, 0.5) is 0 Å². The van der Waals surface area contributed by atoms with Crippen molar-refractivity contribution in [3.63, 3.8) is 0 Å². The number of para-hydroxylation sites is 3. The lowest BCUT2D eigenvalue weighted by Crippen LogP contribution is -2.23. The van der Waals surface area contributed by atoms with Gasteiger partial charge in [-0.1, -0.05) is 36.4 Å². The molecule has 7 heteroatoms. The van der Waals surface area contributed by atoms with Crippen molar-refractivity contribution < 1.29 is 4.79 Å². The summed E-state index contributed by atoms with van der Waals surface area (Å²) in [5.41, 5.74) is 8.03. The van der Waals surface area contributed by atoms with E-state index < -0.39 is 0 Å². The van der Waals surface area contributed by atoms with Crippen LogP contribution < -0.4 is 5.43 Å². The number of nitrogens with one attached hydrogen (secondary N) is 2. The van der Waals surface area contributed by atoms with Gasteiger partial charge in [-0.05, 0) is 37.3 Å². The van der Waals surface area contributed by atoms with E-state index in [0.29, 0.717) is 11.5 Å². The second-order valence-electron chi connectivity index (χ2n) is 7.23. The standard InChI is InChI=1S/C24H20N6O/c1-16-18(17-8-2-3-9-19(17)27-16)14-26-29-23(31)15-30-22-12-5-4-10-20(22)28-24(30)21-11-6-7-13-25-21/h2-14,27H,15H2,1H3,(H,29,31). The molecule has 0 atom stereocenters. The van der Waals surface area contributed by atoms with Gasteiger partial charge in [0.1, 0.15) is 12.2 Å². The summed E-state index contributed by atoms with van der Waals surface area (Å²) in [4.78, 5) is 25.1. The topological polar surface area (TPSA) is 88.0 Å². The number of H-pyrrole nitrogens is 1. The van der Waals surface area contributed by atoms with Gasteiger partial charge < -0.3 is 9.55 Å². The molecule has 31 heavy (non-hydrogen) atoms. The van der Waals surface area contributed by atoms with Crippen molar-refractivity contribution >= 4 is 34.1 Å². The van der Waals surface area contributed by atoms with Gasteiger partial charge in [0.2, 0.25) is 0 Å². The Hall–Kier alpha value is -4.26. The molecule has 152 valence electrons. The molecule has 0 saturated heterocycles. The van der Waals surface area contributed by atoms with Crippen molar-refractivity contribution in [3.05, 3.63) is 84.2 Å². The summed E-state index contributed by atoms with van der Waals surface area (Å²) in [6, 6.07) is 21.4. The third-order valence-corrected chi connectivity index (χ3v) is 5.18. The molecule has 3 heterocycles. The minimum absolute atomic E-state index is 0.0800. The molecule has 1 amide bonds. The summed E-state index contributed by atoms with van der Waals surface area (Å²) >= 11 is 0. The molecule has 0 aliphatic heterocycles. The number of amides is 1. The number of hydrazone groups is 1. The van der Waals surface area contributed by atoms with Crippen molar-refractivity contribution in [2.75, 3.05) is 0 Å². The molecule has 0 spiro atoms. The van der Waals surface area contributed by atoms with E-state index in [9.17, 15) is 4.79 Å². The molecule has 0 aliphatic rings. The quantitative estimate of drug-likeness (QED) is 0.340. The van der Waals surface area contributed by atoms with Gasteiger partial charge in [-0.25, -0.2) is 10.4 Å². The van der Waals surface area contributed by atoms with E-state index in [0.717, 1.165) is 33.2 Å². The van der Waals surface area contributed by atoms with Crippen LogP contribution in [-0.4, -0.2) is 31.6 Å². The maximum Gasteiger partial charge on any atom is 0.260 e. The van der Waals surface area contributed by atoms with Crippen LogP contribution in [0.3, 0.4) is 0 Å². The van der Waals surface area contributed by atoms with E-state index >= 15 is 0 Å². The van der Waals surface area contributed by atoms with Gasteiger partial charge in [-0.15, -0.1) is 0 Å². The lowest BCUT2D eigenvalue weighted by molar-refractivity contribution is -0.121. The summed E-state index contributed by atoms with van der Waals surface area (Å²) in [6.07, 6.45) is 3.39. The first-order chi connectivity index (χ1) is 15.2. The molecular formula is C24H20N6O. The molecular weight excluding hydrogens is 388 g/mol. The number of nitrogens with zero attached hydrogens (tertiary/aromatic N) is 4. The van der Waals surface area contributed by atoms with Crippen LogP contribution in [0, 0.1) is 6.92 Å². The Balaban J connectivity index is 1.40. The lowest BCUT2D eigenvalue weighted by Gasteiger charge is -2.07. The Morgan fingerprint density at radius 1 is 1.10 bits per heavy atom. The summed E-state index contributed by atoms with van der Waals surface area (Å²) in [6.45, 7) is 2.07. The van der Waals surface area contributed by atoms with Gasteiger partial charge >= 0.3 is 0 Å². The summed E-state index contributed by atoms with van der Waals surface area (Å²) in [7, 11) is 0. The number of rotatable bonds is 5. The predicted molar refractivity (Wildman–Crippen MR) is 122 cm³/mol. The molecule has 0 unspecified atom stereocenters. The maximum atomic E-state index is 12.7. The average Bonchev–Trinajstić information content (AvgIpc) is 3.32. The van der Waals surface area contributed by atoms with Crippen LogP contribution in [0.2, 0.25) is 0 Å². The highest BCUT2D eigenvalue weighted by molar-refractivity contribution is 6.00. The maximum absolute atomic E-state index is 12.7. The minimum Gasteiger partial charge on any atom is -0.358 e. The van der Waals surface area contributed by atoms with Crippen LogP contribution in [0.5, 0.6) is 0 Å². The Morgan fingerprint density at radius 3 is 2.77 bits per heavy atom. The van der Waals surface area contributed by atoms with Crippen molar-refractivity contribution in [1.82, 2.24) is 24.9 Å². The van der Waals surface area contributed by atoms with E-state index in [-0.39, 0.29) is 12.5 Å². The van der Waals surface area contributed by atoms with Gasteiger partial charge in [0.05, 0.1) is 17.2 Å². The number of aromatic nitrogens is 4. The summed E-state index contributed by atoms with van der Waals surface area (Å²) < 4.78 is 1.86. The number of pyridine rings is 1. The Labute approximate surface area is 178 Å². The third-order valence-electron chi connectivity index (χ3n) is 5.18. The smallest absolute Gasteiger partial charge is 0.260 e. The van der Waals surface area contributed by atoms with Crippen molar-refractivity contribution in [2.24, 2.45) is 5.10 Å². The molecule has 0 radical (unpaired) electrons. The lowest BCUT2D eigenvalue weighted by atomic mass is 10.1. The van der Waals surface area contributed by atoms with Crippen molar-refractivity contribution in [1.29, 1.82) is 0 Å². The number of aromatic amines is 1. The van der Waals surface area contributed by atoms with Crippen LogP contribution in [0.1, 0.15) is 11.3 Å². The van der Waals surface area contributed by atoms with E-state index in [1.54, 1.807) is 12.4 Å². The van der Waals surface area contributed by atoms with Gasteiger partial charge in [0.15, 0.2) is 5.82 Å². The molecule has 0 fully saturated rings. The number of hydrogen-bond donors (Lipinski definition) is 2. The highest BCUT2D eigenvalue weighted by Gasteiger charge is 2.15. The largest absolute Gasteiger partial charge is 0.358 e. The first-order valence-corrected chi connectivity index (χ1v) is 9.96.